The van der Waals surface area contributed by atoms with Crippen molar-refractivity contribution in [1.29, 1.82) is 0 Å². The van der Waals surface area contributed by atoms with E-state index in [1.54, 1.807) is 25.3 Å². The average molecular weight is 261 g/mol. The Morgan fingerprint density at radius 3 is 2.29 bits per heavy atom. The molecule has 0 spiro atoms. The van der Waals surface area contributed by atoms with E-state index in [9.17, 15) is 4.79 Å². The van der Waals surface area contributed by atoms with Crippen LogP contribution in [0.15, 0.2) is 18.2 Å². The third-order valence-electron chi connectivity index (χ3n) is 1.79. The van der Waals surface area contributed by atoms with Gasteiger partial charge in [0.25, 0.3) is 0 Å². The third kappa shape index (κ3) is 2.73. The zero-order valence-corrected chi connectivity index (χ0v) is 10.1. The van der Waals surface area contributed by atoms with Crippen molar-refractivity contribution < 1.29 is 14.3 Å². The van der Waals surface area contributed by atoms with Crippen LogP contribution >= 0.6 is 17.0 Å². The second kappa shape index (κ2) is 5.65. The molecule has 0 aliphatic heterocycles. The van der Waals surface area contributed by atoms with E-state index in [-0.39, 0.29) is 22.8 Å². The lowest BCUT2D eigenvalue weighted by molar-refractivity contribution is 0.101. The molecule has 0 atom stereocenters. The molecule has 0 aliphatic carbocycles. The fourth-order valence-electron chi connectivity index (χ4n) is 1.09. The van der Waals surface area contributed by atoms with Crippen molar-refractivity contribution in [2.24, 2.45) is 0 Å². The first kappa shape index (κ1) is 13.0. The molecule has 1 rings (SSSR count). The monoisotopic (exact) mass is 260 g/mol. The number of hydrogen-bond acceptors (Lipinski definition) is 3. The van der Waals surface area contributed by atoms with Gasteiger partial charge in [0.2, 0.25) is 0 Å². The topological polar surface area (TPSA) is 35.5 Å². The molecule has 0 saturated heterocycles. The first-order valence-electron chi connectivity index (χ1n) is 3.92. The number of ketones is 1. The zero-order valence-electron chi connectivity index (χ0n) is 8.37. The van der Waals surface area contributed by atoms with Crippen LogP contribution in [0.4, 0.5) is 0 Å². The first-order valence-corrected chi connectivity index (χ1v) is 3.92. The lowest BCUT2D eigenvalue weighted by atomic mass is 10.1. The van der Waals surface area contributed by atoms with Crippen LogP contribution in [-0.2, 0) is 0 Å². The van der Waals surface area contributed by atoms with Gasteiger partial charge < -0.3 is 9.47 Å². The number of carbonyl (C=O) groups excluding carboxylic acids is 1. The molecule has 1 aromatic carbocycles. The lowest BCUT2D eigenvalue weighted by Crippen LogP contribution is -1.97. The number of Topliss-reactive ketones (excluding diaryl/α,β-unsaturated/α-hetero) is 1. The van der Waals surface area contributed by atoms with Gasteiger partial charge in [-0.25, -0.2) is 0 Å². The summed E-state index contributed by atoms with van der Waals surface area (Å²) in [5.74, 6) is 1.22. The summed E-state index contributed by atoms with van der Waals surface area (Å²) in [6, 6.07) is 5.12. The predicted octanol–water partition coefficient (Wildman–Crippen LogP) is 2.48. The molecule has 3 nitrogen and oxygen atoms in total. The summed E-state index contributed by atoms with van der Waals surface area (Å²) < 4.78 is 10.0. The Labute approximate surface area is 93.8 Å². The molecule has 14 heavy (non-hydrogen) atoms. The molecule has 1 aromatic rings. The van der Waals surface area contributed by atoms with Crippen LogP contribution in [0, 0.1) is 0 Å². The highest BCUT2D eigenvalue weighted by atomic mass is 79.9. The van der Waals surface area contributed by atoms with Gasteiger partial charge in [-0.3, -0.25) is 4.79 Å². The highest BCUT2D eigenvalue weighted by Gasteiger charge is 2.08. The van der Waals surface area contributed by atoms with Gasteiger partial charge in [-0.2, -0.15) is 0 Å². The van der Waals surface area contributed by atoms with Crippen molar-refractivity contribution in [1.82, 2.24) is 0 Å². The van der Waals surface area contributed by atoms with E-state index in [0.29, 0.717) is 17.1 Å². The number of ether oxygens (including phenoxy) is 2. The number of carbonyl (C=O) groups is 1. The smallest absolute Gasteiger partial charge is 0.163 e. The Morgan fingerprint density at radius 1 is 1.21 bits per heavy atom. The molecular weight excluding hydrogens is 248 g/mol. The second-order valence-corrected chi connectivity index (χ2v) is 2.62. The summed E-state index contributed by atoms with van der Waals surface area (Å²) in [4.78, 5) is 11.1. The fraction of sp³-hybridized carbons (Fsp3) is 0.300. The van der Waals surface area contributed by atoms with Gasteiger partial charge in [0, 0.05) is 6.07 Å². The minimum atomic E-state index is -0.0143. The van der Waals surface area contributed by atoms with Crippen molar-refractivity contribution in [3.05, 3.63) is 23.8 Å². The van der Waals surface area contributed by atoms with Crippen LogP contribution in [0.25, 0.3) is 0 Å². The van der Waals surface area contributed by atoms with E-state index in [2.05, 4.69) is 0 Å². The van der Waals surface area contributed by atoms with Gasteiger partial charge in [-0.1, -0.05) is 0 Å². The normalized spacial score (nSPS) is 8.79. The molecule has 0 aromatic heterocycles. The summed E-state index contributed by atoms with van der Waals surface area (Å²) in [6.45, 7) is 1.50. The second-order valence-electron chi connectivity index (χ2n) is 2.62. The number of halogens is 1. The van der Waals surface area contributed by atoms with E-state index in [0.717, 1.165) is 0 Å². The third-order valence-corrected chi connectivity index (χ3v) is 1.79. The number of methoxy groups -OCH3 is 2. The van der Waals surface area contributed by atoms with Crippen LogP contribution < -0.4 is 9.47 Å². The Balaban J connectivity index is 0.00000169. The van der Waals surface area contributed by atoms with E-state index in [1.165, 1.54) is 14.0 Å². The number of hydrogen-bond donors (Lipinski definition) is 0. The maximum absolute atomic E-state index is 11.1. The molecule has 0 saturated carbocycles. The molecule has 0 heterocycles. The molecule has 0 bridgehead atoms. The molecule has 0 amide bonds. The number of rotatable bonds is 3. The Kier molecular flexibility index (Phi) is 5.23. The van der Waals surface area contributed by atoms with Crippen molar-refractivity contribution in [2.75, 3.05) is 14.2 Å². The minimum absolute atomic E-state index is 0. The Bertz CT molecular complexity index is 323. The molecule has 0 aliphatic rings. The van der Waals surface area contributed by atoms with Gasteiger partial charge >= 0.3 is 0 Å². The highest BCUT2D eigenvalue weighted by molar-refractivity contribution is 8.93. The van der Waals surface area contributed by atoms with E-state index >= 15 is 0 Å². The zero-order chi connectivity index (χ0) is 9.84. The largest absolute Gasteiger partial charge is 0.497 e. The Morgan fingerprint density at radius 2 is 1.86 bits per heavy atom. The SMILES string of the molecule is Br.COc1ccc(C(C)=O)c(OC)c1. The molecule has 0 N–H and O–H groups in total. The maximum atomic E-state index is 11.1. The molecule has 0 fully saturated rings. The minimum Gasteiger partial charge on any atom is -0.497 e. The standard InChI is InChI=1S/C10H12O3.BrH/c1-7(11)9-5-4-8(12-2)6-10(9)13-3;/h4-6H,1-3H3;1H. The van der Waals surface area contributed by atoms with Crippen molar-refractivity contribution >= 4 is 22.8 Å². The number of benzene rings is 1. The van der Waals surface area contributed by atoms with Crippen LogP contribution in [-0.4, -0.2) is 20.0 Å². The van der Waals surface area contributed by atoms with Gasteiger partial charge in [0.1, 0.15) is 11.5 Å². The van der Waals surface area contributed by atoms with Crippen molar-refractivity contribution in [3.8, 4) is 11.5 Å². The van der Waals surface area contributed by atoms with Gasteiger partial charge in [-0.05, 0) is 19.1 Å². The van der Waals surface area contributed by atoms with Crippen LogP contribution in [0.1, 0.15) is 17.3 Å². The fourth-order valence-corrected chi connectivity index (χ4v) is 1.09. The van der Waals surface area contributed by atoms with Crippen molar-refractivity contribution in [3.63, 3.8) is 0 Å². The summed E-state index contributed by atoms with van der Waals surface area (Å²) in [5.41, 5.74) is 0.573. The Hall–Kier alpha value is -1.03. The highest BCUT2D eigenvalue weighted by Crippen LogP contribution is 2.24. The summed E-state index contributed by atoms with van der Waals surface area (Å²) in [6.07, 6.45) is 0. The van der Waals surface area contributed by atoms with Gasteiger partial charge in [-0.15, -0.1) is 17.0 Å². The van der Waals surface area contributed by atoms with Crippen LogP contribution in [0.3, 0.4) is 0 Å². The molecule has 0 unspecified atom stereocenters. The molecule has 0 radical (unpaired) electrons. The van der Waals surface area contributed by atoms with Crippen molar-refractivity contribution in [2.45, 2.75) is 6.92 Å². The average Bonchev–Trinajstić information content (AvgIpc) is 2.16. The van der Waals surface area contributed by atoms with Crippen LogP contribution in [0.2, 0.25) is 0 Å². The predicted molar refractivity (Wildman–Crippen MR) is 59.9 cm³/mol. The summed E-state index contributed by atoms with van der Waals surface area (Å²) in [5, 5.41) is 0. The molecular formula is C10H13BrO3. The quantitative estimate of drug-likeness (QED) is 0.784. The molecule has 78 valence electrons. The van der Waals surface area contributed by atoms with Gasteiger partial charge in [0.05, 0.1) is 19.8 Å². The summed E-state index contributed by atoms with van der Waals surface area (Å²) >= 11 is 0. The van der Waals surface area contributed by atoms with Gasteiger partial charge in [0.15, 0.2) is 5.78 Å². The van der Waals surface area contributed by atoms with E-state index < -0.39 is 0 Å². The van der Waals surface area contributed by atoms with E-state index in [4.69, 9.17) is 9.47 Å². The lowest BCUT2D eigenvalue weighted by Gasteiger charge is -2.07. The van der Waals surface area contributed by atoms with E-state index in [1.807, 2.05) is 0 Å². The van der Waals surface area contributed by atoms with Crippen LogP contribution in [0.5, 0.6) is 11.5 Å². The first-order chi connectivity index (χ1) is 6.19. The summed E-state index contributed by atoms with van der Waals surface area (Å²) in [7, 11) is 3.10. The molecule has 4 heteroatoms. The maximum Gasteiger partial charge on any atom is 0.163 e.